The third kappa shape index (κ3) is 3.98. The maximum absolute atomic E-state index is 12.1. The van der Waals surface area contributed by atoms with E-state index in [1.165, 1.54) is 5.69 Å². The first-order chi connectivity index (χ1) is 8.96. The van der Waals surface area contributed by atoms with E-state index in [0.29, 0.717) is 0 Å². The Kier molecular flexibility index (Phi) is 4.13. The third-order valence-corrected chi connectivity index (χ3v) is 3.49. The van der Waals surface area contributed by atoms with Crippen LogP contribution in [0.3, 0.4) is 0 Å². The average Bonchev–Trinajstić information content (AvgIpc) is 2.38. The van der Waals surface area contributed by atoms with Crippen LogP contribution in [0.25, 0.3) is 0 Å². The molecule has 0 unspecified atom stereocenters. The van der Waals surface area contributed by atoms with Crippen molar-refractivity contribution in [2.45, 2.75) is 39.2 Å². The van der Waals surface area contributed by atoms with Crippen molar-refractivity contribution in [3.63, 3.8) is 0 Å². The van der Waals surface area contributed by atoms with Gasteiger partial charge in [0.05, 0.1) is 0 Å². The maximum atomic E-state index is 12.1. The highest BCUT2D eigenvalue weighted by molar-refractivity contribution is 5.79. The number of para-hydroxylation sites is 1. The molecule has 1 N–H and O–H groups in total. The lowest BCUT2D eigenvalue weighted by atomic mass is 9.94. The Morgan fingerprint density at radius 1 is 1.16 bits per heavy atom. The number of hydrogen-bond acceptors (Lipinski definition) is 2. The van der Waals surface area contributed by atoms with Gasteiger partial charge in [-0.2, -0.15) is 0 Å². The molecule has 2 rings (SSSR count). The largest absolute Gasteiger partial charge is 0.371 e. The van der Waals surface area contributed by atoms with Crippen LogP contribution in [-0.4, -0.2) is 24.5 Å². The second kappa shape index (κ2) is 5.64. The Bertz CT molecular complexity index is 414. The molecule has 0 spiro atoms. The van der Waals surface area contributed by atoms with Gasteiger partial charge >= 0.3 is 0 Å². The second-order valence-corrected chi connectivity index (χ2v) is 6.34. The summed E-state index contributed by atoms with van der Waals surface area (Å²) in [5.41, 5.74) is 1.13. The summed E-state index contributed by atoms with van der Waals surface area (Å²) in [5, 5.41) is 3.09. The average molecular weight is 260 g/mol. The van der Waals surface area contributed by atoms with E-state index >= 15 is 0 Å². The molecule has 0 bridgehead atoms. The van der Waals surface area contributed by atoms with E-state index in [1.807, 2.05) is 26.8 Å². The van der Waals surface area contributed by atoms with Crippen molar-refractivity contribution < 1.29 is 4.79 Å². The summed E-state index contributed by atoms with van der Waals surface area (Å²) in [6, 6.07) is 10.4. The molecule has 3 nitrogen and oxygen atoms in total. The molecule has 19 heavy (non-hydrogen) atoms. The van der Waals surface area contributed by atoms with Crippen LogP contribution in [0.15, 0.2) is 30.3 Å². The molecule has 1 aromatic carbocycles. The topological polar surface area (TPSA) is 32.3 Å². The molecular weight excluding hydrogens is 236 g/mol. The number of carbonyl (C=O) groups excluding carboxylic acids is 1. The number of benzene rings is 1. The highest BCUT2D eigenvalue weighted by atomic mass is 16.2. The van der Waals surface area contributed by atoms with Crippen LogP contribution in [0.1, 0.15) is 33.6 Å². The number of anilines is 1. The first kappa shape index (κ1) is 13.9. The standard InChI is InChI=1S/C16H24N2O/c1-16(2,3)17-15(19)13-9-11-18(12-10-13)14-7-5-4-6-8-14/h4-8,13H,9-12H2,1-3H3,(H,17,19). The molecule has 0 aliphatic carbocycles. The highest BCUT2D eigenvalue weighted by Gasteiger charge is 2.27. The molecule has 1 aromatic rings. The van der Waals surface area contributed by atoms with E-state index in [1.54, 1.807) is 0 Å². The summed E-state index contributed by atoms with van der Waals surface area (Å²) in [6.07, 6.45) is 1.88. The minimum atomic E-state index is -0.131. The summed E-state index contributed by atoms with van der Waals surface area (Å²) in [4.78, 5) is 14.5. The van der Waals surface area contributed by atoms with Gasteiger partial charge in [-0.05, 0) is 45.7 Å². The van der Waals surface area contributed by atoms with Crippen LogP contribution < -0.4 is 10.2 Å². The molecule has 1 aliphatic heterocycles. The predicted octanol–water partition coefficient (Wildman–Crippen LogP) is 2.82. The number of piperidine rings is 1. The van der Waals surface area contributed by atoms with Crippen LogP contribution in [0.4, 0.5) is 5.69 Å². The Morgan fingerprint density at radius 3 is 2.26 bits per heavy atom. The normalized spacial score (nSPS) is 17.3. The number of nitrogens with one attached hydrogen (secondary N) is 1. The zero-order chi connectivity index (χ0) is 13.9. The molecule has 1 heterocycles. The summed E-state index contributed by atoms with van der Waals surface area (Å²) < 4.78 is 0. The zero-order valence-electron chi connectivity index (χ0n) is 12.1. The first-order valence-electron chi connectivity index (χ1n) is 7.08. The van der Waals surface area contributed by atoms with Gasteiger partial charge in [0.1, 0.15) is 0 Å². The Hall–Kier alpha value is -1.51. The van der Waals surface area contributed by atoms with Gasteiger partial charge in [0.15, 0.2) is 0 Å². The fourth-order valence-electron chi connectivity index (χ4n) is 2.51. The monoisotopic (exact) mass is 260 g/mol. The molecule has 0 aromatic heterocycles. The summed E-state index contributed by atoms with van der Waals surface area (Å²) in [6.45, 7) is 8.02. The van der Waals surface area contributed by atoms with E-state index in [-0.39, 0.29) is 17.4 Å². The second-order valence-electron chi connectivity index (χ2n) is 6.34. The molecule has 1 saturated heterocycles. The minimum absolute atomic E-state index is 0.131. The van der Waals surface area contributed by atoms with Gasteiger partial charge in [0, 0.05) is 30.2 Å². The van der Waals surface area contributed by atoms with Crippen LogP contribution in [0, 0.1) is 5.92 Å². The van der Waals surface area contributed by atoms with Gasteiger partial charge in [0.25, 0.3) is 0 Å². The maximum Gasteiger partial charge on any atom is 0.223 e. The van der Waals surface area contributed by atoms with Crippen LogP contribution in [0.5, 0.6) is 0 Å². The number of hydrogen-bond donors (Lipinski definition) is 1. The van der Waals surface area contributed by atoms with E-state index < -0.39 is 0 Å². The summed E-state index contributed by atoms with van der Waals surface area (Å²) in [5.74, 6) is 0.374. The predicted molar refractivity (Wildman–Crippen MR) is 79.3 cm³/mol. The molecular formula is C16H24N2O. The molecule has 1 amide bonds. The number of amides is 1. The Labute approximate surface area is 116 Å². The van der Waals surface area contributed by atoms with Gasteiger partial charge in [-0.25, -0.2) is 0 Å². The first-order valence-corrected chi connectivity index (χ1v) is 7.08. The van der Waals surface area contributed by atoms with Crippen molar-refractivity contribution in [3.05, 3.63) is 30.3 Å². The van der Waals surface area contributed by atoms with E-state index in [9.17, 15) is 4.79 Å². The smallest absolute Gasteiger partial charge is 0.223 e. The van der Waals surface area contributed by atoms with E-state index in [0.717, 1.165) is 25.9 Å². The van der Waals surface area contributed by atoms with E-state index in [2.05, 4.69) is 34.5 Å². The lowest BCUT2D eigenvalue weighted by molar-refractivity contribution is -0.127. The van der Waals surface area contributed by atoms with Crippen molar-refractivity contribution in [2.24, 2.45) is 5.92 Å². The van der Waals surface area contributed by atoms with Gasteiger partial charge in [-0.1, -0.05) is 18.2 Å². The van der Waals surface area contributed by atoms with Crippen molar-refractivity contribution >= 4 is 11.6 Å². The van der Waals surface area contributed by atoms with Gasteiger partial charge < -0.3 is 10.2 Å². The fourth-order valence-corrected chi connectivity index (χ4v) is 2.51. The van der Waals surface area contributed by atoms with Gasteiger partial charge in [0.2, 0.25) is 5.91 Å². The van der Waals surface area contributed by atoms with Crippen molar-refractivity contribution in [1.82, 2.24) is 5.32 Å². The fraction of sp³-hybridized carbons (Fsp3) is 0.562. The van der Waals surface area contributed by atoms with Crippen LogP contribution in [-0.2, 0) is 4.79 Å². The highest BCUT2D eigenvalue weighted by Crippen LogP contribution is 2.23. The SMILES string of the molecule is CC(C)(C)NC(=O)C1CCN(c2ccccc2)CC1. The summed E-state index contributed by atoms with van der Waals surface area (Å²) >= 11 is 0. The molecule has 104 valence electrons. The third-order valence-electron chi connectivity index (χ3n) is 3.49. The Balaban J connectivity index is 1.88. The minimum Gasteiger partial charge on any atom is -0.371 e. The lowest BCUT2D eigenvalue weighted by Gasteiger charge is -2.34. The van der Waals surface area contributed by atoms with Crippen LogP contribution in [0.2, 0.25) is 0 Å². The summed E-state index contributed by atoms with van der Waals surface area (Å²) in [7, 11) is 0. The molecule has 0 radical (unpaired) electrons. The van der Waals surface area contributed by atoms with Crippen LogP contribution >= 0.6 is 0 Å². The van der Waals surface area contributed by atoms with Gasteiger partial charge in [-0.15, -0.1) is 0 Å². The zero-order valence-corrected chi connectivity index (χ0v) is 12.1. The Morgan fingerprint density at radius 2 is 1.74 bits per heavy atom. The number of carbonyl (C=O) groups is 1. The van der Waals surface area contributed by atoms with Crippen molar-refractivity contribution in [3.8, 4) is 0 Å². The quantitative estimate of drug-likeness (QED) is 0.887. The molecule has 1 aliphatic rings. The molecule has 1 fully saturated rings. The van der Waals surface area contributed by atoms with Crippen molar-refractivity contribution in [2.75, 3.05) is 18.0 Å². The molecule has 0 saturated carbocycles. The van der Waals surface area contributed by atoms with E-state index in [4.69, 9.17) is 0 Å². The lowest BCUT2D eigenvalue weighted by Crippen LogP contribution is -2.47. The van der Waals surface area contributed by atoms with Crippen molar-refractivity contribution in [1.29, 1.82) is 0 Å². The van der Waals surface area contributed by atoms with Gasteiger partial charge in [-0.3, -0.25) is 4.79 Å². The number of rotatable bonds is 2. The number of nitrogens with zero attached hydrogens (tertiary/aromatic N) is 1. The molecule has 0 atom stereocenters. The molecule has 3 heteroatoms.